The number of hydrogen-bond acceptors (Lipinski definition) is 6. The number of nitrogens with one attached hydrogen (secondary N) is 3. The van der Waals surface area contributed by atoms with Crippen molar-refractivity contribution in [3.05, 3.63) is 48.5 Å². The van der Waals surface area contributed by atoms with Gasteiger partial charge in [-0.2, -0.15) is 4.72 Å². The summed E-state index contributed by atoms with van der Waals surface area (Å²) >= 11 is 0. The van der Waals surface area contributed by atoms with Crippen molar-refractivity contribution >= 4 is 38.9 Å². The molecule has 0 aromatic heterocycles. The number of para-hydroxylation sites is 2. The highest BCUT2D eigenvalue weighted by Gasteiger charge is 2.24. The third-order valence-electron chi connectivity index (χ3n) is 5.22. The van der Waals surface area contributed by atoms with Crippen LogP contribution in [0.5, 0.6) is 0 Å². The number of carbonyl (C=O) groups excluding carboxylic acids is 2. The number of amides is 2. The molecule has 0 bridgehead atoms. The molecule has 0 radical (unpaired) electrons. The van der Waals surface area contributed by atoms with E-state index < -0.39 is 22.0 Å². The van der Waals surface area contributed by atoms with E-state index in [0.717, 1.165) is 31.9 Å². The molecule has 3 N–H and O–H groups in total. The summed E-state index contributed by atoms with van der Waals surface area (Å²) in [5.41, 5.74) is 2.05. The Morgan fingerprint density at radius 2 is 1.56 bits per heavy atom. The number of carbonyl (C=O) groups is 2. The second-order valence-electron chi connectivity index (χ2n) is 7.85. The van der Waals surface area contributed by atoms with Crippen LogP contribution in [0.3, 0.4) is 0 Å². The van der Waals surface area contributed by atoms with Crippen LogP contribution in [0.4, 0.5) is 17.1 Å². The Labute approximate surface area is 188 Å². The molecule has 1 heterocycles. The van der Waals surface area contributed by atoms with Crippen LogP contribution in [0.25, 0.3) is 0 Å². The second kappa shape index (κ2) is 10.1. The molecule has 0 unspecified atom stereocenters. The molecule has 1 fully saturated rings. The van der Waals surface area contributed by atoms with E-state index >= 15 is 0 Å². The molecule has 1 aliphatic rings. The summed E-state index contributed by atoms with van der Waals surface area (Å²) in [5, 5.41) is 5.43. The lowest BCUT2D eigenvalue weighted by atomic mass is 10.2. The Morgan fingerprint density at radius 3 is 2.19 bits per heavy atom. The highest BCUT2D eigenvalue weighted by Crippen LogP contribution is 2.26. The summed E-state index contributed by atoms with van der Waals surface area (Å²) in [7, 11) is -1.84. The molecule has 0 aliphatic carbocycles. The van der Waals surface area contributed by atoms with Crippen LogP contribution in [0, 0.1) is 0 Å². The highest BCUT2D eigenvalue weighted by atomic mass is 32.2. The average Bonchev–Trinajstić information content (AvgIpc) is 2.74. The molecule has 3 rings (SSSR count). The van der Waals surface area contributed by atoms with Gasteiger partial charge < -0.3 is 20.4 Å². The minimum atomic E-state index is -3.92. The van der Waals surface area contributed by atoms with Crippen molar-refractivity contribution in [2.45, 2.75) is 24.8 Å². The molecule has 1 atom stereocenters. The molecule has 2 aromatic rings. The second-order valence-corrected chi connectivity index (χ2v) is 9.56. The third-order valence-corrected chi connectivity index (χ3v) is 6.77. The van der Waals surface area contributed by atoms with Crippen molar-refractivity contribution in [3.8, 4) is 0 Å². The van der Waals surface area contributed by atoms with Crippen molar-refractivity contribution in [2.75, 3.05) is 48.8 Å². The summed E-state index contributed by atoms with van der Waals surface area (Å²) in [6.07, 6.45) is 0. The Hall–Kier alpha value is -2.95. The fraction of sp³-hybridized carbons (Fsp3) is 0.364. The van der Waals surface area contributed by atoms with Crippen molar-refractivity contribution in [1.82, 2.24) is 9.62 Å². The van der Waals surface area contributed by atoms with Gasteiger partial charge in [-0.15, -0.1) is 0 Å². The predicted molar refractivity (Wildman–Crippen MR) is 125 cm³/mol. The predicted octanol–water partition coefficient (Wildman–Crippen LogP) is 1.70. The zero-order valence-electron chi connectivity index (χ0n) is 18.5. The SMILES string of the molecule is CC(=O)Nc1ccc(S(=O)(=O)N[C@@H](C)C(=O)Nc2ccccc2N2CCN(C)CC2)cc1. The lowest BCUT2D eigenvalue weighted by molar-refractivity contribution is -0.117. The van der Waals surface area contributed by atoms with Crippen molar-refractivity contribution < 1.29 is 18.0 Å². The summed E-state index contributed by atoms with van der Waals surface area (Å²) < 4.78 is 27.8. The van der Waals surface area contributed by atoms with Crippen LogP contribution in [0.15, 0.2) is 53.4 Å². The van der Waals surface area contributed by atoms with Gasteiger partial charge in [0.1, 0.15) is 0 Å². The number of rotatable bonds is 7. The molecule has 9 nitrogen and oxygen atoms in total. The van der Waals surface area contributed by atoms with Gasteiger partial charge in [0, 0.05) is 38.8 Å². The Morgan fingerprint density at radius 1 is 0.938 bits per heavy atom. The fourth-order valence-corrected chi connectivity index (χ4v) is 4.62. The minimum Gasteiger partial charge on any atom is -0.367 e. The molecule has 2 aromatic carbocycles. The molecule has 1 saturated heterocycles. The van der Waals surface area contributed by atoms with E-state index in [1.54, 1.807) is 0 Å². The maximum Gasteiger partial charge on any atom is 0.242 e. The zero-order chi connectivity index (χ0) is 23.3. The van der Waals surface area contributed by atoms with Crippen LogP contribution >= 0.6 is 0 Å². The number of benzene rings is 2. The maximum absolute atomic E-state index is 12.8. The number of nitrogens with zero attached hydrogens (tertiary/aromatic N) is 2. The maximum atomic E-state index is 12.8. The number of likely N-dealkylation sites (N-methyl/N-ethyl adjacent to an activating group) is 1. The van der Waals surface area contributed by atoms with Gasteiger partial charge in [-0.1, -0.05) is 12.1 Å². The first kappa shape index (κ1) is 23.7. The Balaban J connectivity index is 1.67. The summed E-state index contributed by atoms with van der Waals surface area (Å²) in [6, 6.07) is 12.3. The molecule has 172 valence electrons. The summed E-state index contributed by atoms with van der Waals surface area (Å²) in [6.45, 7) is 6.42. The quantitative estimate of drug-likeness (QED) is 0.581. The monoisotopic (exact) mass is 459 g/mol. The van der Waals surface area contributed by atoms with E-state index in [0.29, 0.717) is 11.4 Å². The number of anilines is 3. The van der Waals surface area contributed by atoms with Gasteiger partial charge in [0.25, 0.3) is 0 Å². The van der Waals surface area contributed by atoms with Gasteiger partial charge >= 0.3 is 0 Å². The van der Waals surface area contributed by atoms with Crippen LogP contribution < -0.4 is 20.3 Å². The van der Waals surface area contributed by atoms with Crippen LogP contribution in [0.1, 0.15) is 13.8 Å². The van der Waals surface area contributed by atoms with E-state index in [4.69, 9.17) is 0 Å². The van der Waals surface area contributed by atoms with Crippen LogP contribution in [0.2, 0.25) is 0 Å². The normalized spacial score (nSPS) is 15.8. The van der Waals surface area contributed by atoms with Gasteiger partial charge in [0.15, 0.2) is 0 Å². The van der Waals surface area contributed by atoms with Gasteiger partial charge in [-0.3, -0.25) is 9.59 Å². The smallest absolute Gasteiger partial charge is 0.242 e. The number of hydrogen-bond donors (Lipinski definition) is 3. The Bertz CT molecular complexity index is 1060. The average molecular weight is 460 g/mol. The van der Waals surface area contributed by atoms with Crippen molar-refractivity contribution in [3.63, 3.8) is 0 Å². The molecule has 32 heavy (non-hydrogen) atoms. The molecule has 0 spiro atoms. The summed E-state index contributed by atoms with van der Waals surface area (Å²) in [4.78, 5) is 28.3. The summed E-state index contributed by atoms with van der Waals surface area (Å²) in [5.74, 6) is -0.703. The molecule has 1 aliphatic heterocycles. The fourth-order valence-electron chi connectivity index (χ4n) is 3.42. The number of sulfonamides is 1. The topological polar surface area (TPSA) is 111 Å². The van der Waals surface area contributed by atoms with Crippen LogP contribution in [-0.4, -0.2) is 64.4 Å². The highest BCUT2D eigenvalue weighted by molar-refractivity contribution is 7.89. The van der Waals surface area contributed by atoms with Crippen molar-refractivity contribution in [2.24, 2.45) is 0 Å². The van der Waals surface area contributed by atoms with Crippen molar-refractivity contribution in [1.29, 1.82) is 0 Å². The molecular weight excluding hydrogens is 430 g/mol. The Kier molecular flexibility index (Phi) is 7.49. The third kappa shape index (κ3) is 6.06. The van der Waals surface area contributed by atoms with E-state index in [2.05, 4.69) is 32.2 Å². The lowest BCUT2D eigenvalue weighted by Crippen LogP contribution is -2.45. The van der Waals surface area contributed by atoms with Gasteiger partial charge in [-0.25, -0.2) is 8.42 Å². The van der Waals surface area contributed by atoms with E-state index in [9.17, 15) is 18.0 Å². The van der Waals surface area contributed by atoms with E-state index in [-0.39, 0.29) is 10.8 Å². The standard InChI is InChI=1S/C22H29N5O4S/c1-16(25-32(30,31)19-10-8-18(9-11-19)23-17(2)28)22(29)24-20-6-4-5-7-21(20)27-14-12-26(3)13-15-27/h4-11,16,25H,12-15H2,1-3H3,(H,23,28)(H,24,29)/t16-/m0/s1. The van der Waals surface area contributed by atoms with Gasteiger partial charge in [-0.05, 0) is 50.4 Å². The zero-order valence-corrected chi connectivity index (χ0v) is 19.3. The first-order valence-corrected chi connectivity index (χ1v) is 11.9. The van der Waals surface area contributed by atoms with E-state index in [1.807, 2.05) is 24.3 Å². The molecular formula is C22H29N5O4S. The number of piperazine rings is 1. The lowest BCUT2D eigenvalue weighted by Gasteiger charge is -2.35. The molecule has 10 heteroatoms. The largest absolute Gasteiger partial charge is 0.367 e. The van der Waals surface area contributed by atoms with Gasteiger partial charge in [0.05, 0.1) is 22.3 Å². The molecule has 0 saturated carbocycles. The molecule has 2 amide bonds. The van der Waals surface area contributed by atoms with Crippen LogP contribution in [-0.2, 0) is 19.6 Å². The van der Waals surface area contributed by atoms with Gasteiger partial charge in [0.2, 0.25) is 21.8 Å². The minimum absolute atomic E-state index is 0.00379. The first-order chi connectivity index (χ1) is 15.2. The van der Waals surface area contributed by atoms with E-state index in [1.165, 1.54) is 38.1 Å². The first-order valence-electron chi connectivity index (χ1n) is 10.4.